The predicted octanol–water partition coefficient (Wildman–Crippen LogP) is 0.373. The van der Waals surface area contributed by atoms with Crippen molar-refractivity contribution < 1.29 is 9.53 Å². The maximum atomic E-state index is 11.9. The number of amides is 1. The van der Waals surface area contributed by atoms with E-state index in [4.69, 9.17) is 10.5 Å². The quantitative estimate of drug-likeness (QED) is 0.783. The molecule has 1 amide bonds. The third kappa shape index (κ3) is 2.81. The topological polar surface area (TPSA) is 55.6 Å². The average Bonchev–Trinajstić information content (AvgIpc) is 2.30. The molecule has 1 saturated heterocycles. The van der Waals surface area contributed by atoms with Gasteiger partial charge in [0.2, 0.25) is 5.91 Å². The second-order valence-electron chi connectivity index (χ2n) is 3.91. The number of hydrogen-bond acceptors (Lipinski definition) is 3. The van der Waals surface area contributed by atoms with Gasteiger partial charge in [-0.05, 0) is 5.56 Å². The summed E-state index contributed by atoms with van der Waals surface area (Å²) in [5.41, 5.74) is 6.67. The molecule has 4 heteroatoms. The normalized spacial score (nSPS) is 20.8. The summed E-state index contributed by atoms with van der Waals surface area (Å²) in [6, 6.07) is 9.73. The lowest BCUT2D eigenvalue weighted by atomic mass is 10.1. The Morgan fingerprint density at radius 3 is 2.88 bits per heavy atom. The van der Waals surface area contributed by atoms with Gasteiger partial charge < -0.3 is 15.4 Å². The third-order valence-corrected chi connectivity index (χ3v) is 2.64. The summed E-state index contributed by atoms with van der Waals surface area (Å²) >= 11 is 0. The zero-order valence-electron chi connectivity index (χ0n) is 9.13. The van der Waals surface area contributed by atoms with Gasteiger partial charge in [-0.25, -0.2) is 0 Å². The predicted molar refractivity (Wildman–Crippen MR) is 60.7 cm³/mol. The standard InChI is InChI=1S/C12H16N2O2/c13-11-9-14(6-7-16-11)12(15)8-10-4-2-1-3-5-10/h1-5,11H,6-9,13H2. The van der Waals surface area contributed by atoms with Crippen LogP contribution in [0.1, 0.15) is 5.56 Å². The van der Waals surface area contributed by atoms with E-state index in [0.29, 0.717) is 26.1 Å². The molecule has 86 valence electrons. The molecule has 0 bridgehead atoms. The van der Waals surface area contributed by atoms with Crippen LogP contribution in [0.2, 0.25) is 0 Å². The van der Waals surface area contributed by atoms with Crippen LogP contribution in [0.5, 0.6) is 0 Å². The second kappa shape index (κ2) is 5.09. The summed E-state index contributed by atoms with van der Waals surface area (Å²) in [4.78, 5) is 13.7. The minimum Gasteiger partial charge on any atom is -0.360 e. The van der Waals surface area contributed by atoms with Crippen LogP contribution in [-0.2, 0) is 16.0 Å². The maximum absolute atomic E-state index is 11.9. The number of hydrogen-bond donors (Lipinski definition) is 1. The molecular weight excluding hydrogens is 204 g/mol. The Hall–Kier alpha value is -1.39. The van der Waals surface area contributed by atoms with Gasteiger partial charge >= 0.3 is 0 Å². The highest BCUT2D eigenvalue weighted by molar-refractivity contribution is 5.78. The van der Waals surface area contributed by atoms with Gasteiger partial charge in [-0.2, -0.15) is 0 Å². The molecule has 2 N–H and O–H groups in total. The number of ether oxygens (including phenoxy) is 1. The van der Waals surface area contributed by atoms with Gasteiger partial charge in [0.25, 0.3) is 0 Å². The van der Waals surface area contributed by atoms with Crippen molar-refractivity contribution in [2.24, 2.45) is 5.73 Å². The number of morpholine rings is 1. The van der Waals surface area contributed by atoms with Gasteiger partial charge in [0, 0.05) is 6.54 Å². The fourth-order valence-corrected chi connectivity index (χ4v) is 1.78. The lowest BCUT2D eigenvalue weighted by molar-refractivity contribution is -0.137. The van der Waals surface area contributed by atoms with Crippen molar-refractivity contribution >= 4 is 5.91 Å². The zero-order chi connectivity index (χ0) is 11.4. The highest BCUT2D eigenvalue weighted by Crippen LogP contribution is 2.06. The Labute approximate surface area is 95.0 Å². The molecule has 1 aromatic rings. The molecule has 1 atom stereocenters. The molecule has 0 aromatic heterocycles. The summed E-state index contributed by atoms with van der Waals surface area (Å²) in [5.74, 6) is 0.116. The molecule has 0 saturated carbocycles. The minimum atomic E-state index is -0.339. The Bertz CT molecular complexity index is 353. The van der Waals surface area contributed by atoms with Crippen molar-refractivity contribution in [3.8, 4) is 0 Å². The summed E-state index contributed by atoms with van der Waals surface area (Å²) in [7, 11) is 0. The van der Waals surface area contributed by atoms with Gasteiger partial charge in [-0.3, -0.25) is 4.79 Å². The molecule has 1 aliphatic rings. The maximum Gasteiger partial charge on any atom is 0.227 e. The fraction of sp³-hybridized carbons (Fsp3) is 0.417. The summed E-state index contributed by atoms with van der Waals surface area (Å²) in [6.45, 7) is 1.66. The van der Waals surface area contributed by atoms with Crippen molar-refractivity contribution in [1.29, 1.82) is 0 Å². The lowest BCUT2D eigenvalue weighted by Crippen LogP contribution is -2.49. The number of nitrogens with two attached hydrogens (primary N) is 1. The largest absolute Gasteiger partial charge is 0.360 e. The van der Waals surface area contributed by atoms with Gasteiger partial charge in [0.1, 0.15) is 6.23 Å². The molecule has 16 heavy (non-hydrogen) atoms. The first-order chi connectivity index (χ1) is 7.75. The van der Waals surface area contributed by atoms with E-state index in [1.165, 1.54) is 0 Å². The minimum absolute atomic E-state index is 0.116. The summed E-state index contributed by atoms with van der Waals surface area (Å²) in [6.07, 6.45) is 0.0987. The Morgan fingerprint density at radius 1 is 1.44 bits per heavy atom. The highest BCUT2D eigenvalue weighted by Gasteiger charge is 2.21. The average molecular weight is 220 g/mol. The van der Waals surface area contributed by atoms with Crippen LogP contribution < -0.4 is 5.73 Å². The van der Waals surface area contributed by atoms with E-state index in [2.05, 4.69) is 0 Å². The summed E-state index contributed by atoms with van der Waals surface area (Å²) in [5, 5.41) is 0. The molecular formula is C12H16N2O2. The van der Waals surface area contributed by atoms with E-state index in [0.717, 1.165) is 5.56 Å². The molecule has 1 fully saturated rings. The van der Waals surface area contributed by atoms with E-state index in [-0.39, 0.29) is 12.1 Å². The van der Waals surface area contributed by atoms with E-state index in [1.54, 1.807) is 4.90 Å². The van der Waals surface area contributed by atoms with Crippen LogP contribution in [0.25, 0.3) is 0 Å². The number of benzene rings is 1. The van der Waals surface area contributed by atoms with Crippen molar-refractivity contribution in [2.75, 3.05) is 19.7 Å². The second-order valence-corrected chi connectivity index (χ2v) is 3.91. The van der Waals surface area contributed by atoms with Crippen LogP contribution in [0.15, 0.2) is 30.3 Å². The first-order valence-corrected chi connectivity index (χ1v) is 5.44. The van der Waals surface area contributed by atoms with Crippen LogP contribution in [-0.4, -0.2) is 36.7 Å². The highest BCUT2D eigenvalue weighted by atomic mass is 16.5. The van der Waals surface area contributed by atoms with Crippen LogP contribution in [0.3, 0.4) is 0 Å². The first kappa shape index (κ1) is 11.1. The van der Waals surface area contributed by atoms with Crippen LogP contribution in [0.4, 0.5) is 0 Å². The number of carbonyl (C=O) groups excluding carboxylic acids is 1. The number of nitrogens with zero attached hydrogens (tertiary/aromatic N) is 1. The molecule has 4 nitrogen and oxygen atoms in total. The molecule has 1 unspecified atom stereocenters. The third-order valence-electron chi connectivity index (χ3n) is 2.64. The molecule has 1 heterocycles. The Morgan fingerprint density at radius 2 is 2.19 bits per heavy atom. The van der Waals surface area contributed by atoms with Crippen molar-refractivity contribution in [3.63, 3.8) is 0 Å². The molecule has 0 spiro atoms. The first-order valence-electron chi connectivity index (χ1n) is 5.44. The smallest absolute Gasteiger partial charge is 0.227 e. The molecule has 0 aliphatic carbocycles. The number of rotatable bonds is 2. The lowest BCUT2D eigenvalue weighted by Gasteiger charge is -2.31. The Balaban J connectivity index is 1.93. The molecule has 1 aliphatic heterocycles. The molecule has 1 aromatic carbocycles. The van der Waals surface area contributed by atoms with Crippen molar-refractivity contribution in [1.82, 2.24) is 4.90 Å². The van der Waals surface area contributed by atoms with E-state index < -0.39 is 0 Å². The fourth-order valence-electron chi connectivity index (χ4n) is 1.78. The number of carbonyl (C=O) groups is 1. The van der Waals surface area contributed by atoms with Crippen LogP contribution >= 0.6 is 0 Å². The van der Waals surface area contributed by atoms with Crippen LogP contribution in [0, 0.1) is 0 Å². The zero-order valence-corrected chi connectivity index (χ0v) is 9.13. The Kier molecular flexibility index (Phi) is 3.54. The van der Waals surface area contributed by atoms with Gasteiger partial charge in [-0.1, -0.05) is 30.3 Å². The summed E-state index contributed by atoms with van der Waals surface area (Å²) < 4.78 is 5.19. The van der Waals surface area contributed by atoms with Gasteiger partial charge in [-0.15, -0.1) is 0 Å². The van der Waals surface area contributed by atoms with Gasteiger partial charge in [0.05, 0.1) is 19.6 Å². The van der Waals surface area contributed by atoms with E-state index in [1.807, 2.05) is 30.3 Å². The molecule has 0 radical (unpaired) electrons. The van der Waals surface area contributed by atoms with E-state index >= 15 is 0 Å². The molecule has 2 rings (SSSR count). The monoisotopic (exact) mass is 220 g/mol. The van der Waals surface area contributed by atoms with Gasteiger partial charge in [0.15, 0.2) is 0 Å². The van der Waals surface area contributed by atoms with E-state index in [9.17, 15) is 4.79 Å². The van der Waals surface area contributed by atoms with Crippen molar-refractivity contribution in [3.05, 3.63) is 35.9 Å². The SMILES string of the molecule is NC1CN(C(=O)Cc2ccccc2)CCO1. The van der Waals surface area contributed by atoms with Crippen molar-refractivity contribution in [2.45, 2.75) is 12.6 Å².